The molecule has 0 aliphatic carbocycles. The number of nitrogens with one attached hydrogen (secondary N) is 1. The van der Waals surface area contributed by atoms with E-state index in [4.69, 9.17) is 10.2 Å². The van der Waals surface area contributed by atoms with Gasteiger partial charge in [0, 0.05) is 0 Å². The van der Waals surface area contributed by atoms with Crippen LogP contribution in [0, 0.1) is 0 Å². The second-order valence-corrected chi connectivity index (χ2v) is 2.53. The van der Waals surface area contributed by atoms with Crippen molar-refractivity contribution in [3.63, 3.8) is 0 Å². The average molecular weight is 174 g/mol. The Bertz CT molecular complexity index is 206. The number of hydrogen-bond acceptors (Lipinski definition) is 4. The number of carboxylic acid groups (broad SMARTS) is 1. The van der Waals surface area contributed by atoms with Crippen molar-refractivity contribution < 1.29 is 19.8 Å². The van der Waals surface area contributed by atoms with E-state index >= 15 is 0 Å². The third-order valence-corrected chi connectivity index (χ3v) is 1.73. The van der Waals surface area contributed by atoms with E-state index in [1.54, 1.807) is 0 Å². The Morgan fingerprint density at radius 2 is 2.42 bits per heavy atom. The number of amides is 1. The molecule has 0 aromatic heterocycles. The summed E-state index contributed by atoms with van der Waals surface area (Å²) in [4.78, 5) is 22.5. The smallest absolute Gasteiger partial charge is 0.321 e. The van der Waals surface area contributed by atoms with Crippen LogP contribution in [0.4, 0.5) is 0 Å². The SMILES string of the molecule is O=C(O)[C@@H]1CC(=O)N(CO)CN1. The monoisotopic (exact) mass is 174 g/mol. The van der Waals surface area contributed by atoms with Crippen molar-refractivity contribution in [2.75, 3.05) is 13.4 Å². The van der Waals surface area contributed by atoms with Gasteiger partial charge < -0.3 is 15.1 Å². The van der Waals surface area contributed by atoms with E-state index in [1.807, 2.05) is 0 Å². The van der Waals surface area contributed by atoms with Gasteiger partial charge in [-0.05, 0) is 0 Å². The van der Waals surface area contributed by atoms with Crippen molar-refractivity contribution in [3.8, 4) is 0 Å². The summed E-state index contributed by atoms with van der Waals surface area (Å²) in [5.41, 5.74) is 0. The Kier molecular flexibility index (Phi) is 2.61. The first-order valence-corrected chi connectivity index (χ1v) is 3.50. The normalized spacial score (nSPS) is 24.2. The predicted octanol–water partition coefficient (Wildman–Crippen LogP) is -1.83. The number of rotatable bonds is 2. The van der Waals surface area contributed by atoms with Crippen molar-refractivity contribution in [2.24, 2.45) is 0 Å². The molecule has 0 aromatic rings. The van der Waals surface area contributed by atoms with E-state index in [2.05, 4.69) is 5.32 Å². The Labute approximate surface area is 68.8 Å². The van der Waals surface area contributed by atoms with E-state index in [-0.39, 0.29) is 25.7 Å². The maximum absolute atomic E-state index is 11.0. The average Bonchev–Trinajstić information content (AvgIpc) is 2.04. The van der Waals surface area contributed by atoms with Crippen LogP contribution in [0.2, 0.25) is 0 Å². The van der Waals surface area contributed by atoms with Gasteiger partial charge in [-0.3, -0.25) is 14.9 Å². The molecule has 0 aromatic carbocycles. The molecule has 1 heterocycles. The summed E-state index contributed by atoms with van der Waals surface area (Å²) in [6, 6.07) is -0.819. The lowest BCUT2D eigenvalue weighted by molar-refractivity contribution is -0.149. The van der Waals surface area contributed by atoms with Gasteiger partial charge in [0.2, 0.25) is 5.91 Å². The molecule has 0 spiro atoms. The highest BCUT2D eigenvalue weighted by Crippen LogP contribution is 2.03. The molecule has 3 N–H and O–H groups in total. The highest BCUT2D eigenvalue weighted by atomic mass is 16.4. The second kappa shape index (κ2) is 3.51. The summed E-state index contributed by atoms with van der Waals surface area (Å²) >= 11 is 0. The number of aliphatic carboxylic acids is 1. The van der Waals surface area contributed by atoms with Crippen molar-refractivity contribution in [1.29, 1.82) is 0 Å². The molecule has 12 heavy (non-hydrogen) atoms. The maximum Gasteiger partial charge on any atom is 0.321 e. The topological polar surface area (TPSA) is 89.9 Å². The zero-order valence-corrected chi connectivity index (χ0v) is 6.36. The molecule has 1 rings (SSSR count). The minimum absolute atomic E-state index is 0.0896. The van der Waals surface area contributed by atoms with Crippen LogP contribution in [0.1, 0.15) is 6.42 Å². The lowest BCUT2D eigenvalue weighted by Crippen LogP contribution is -2.53. The predicted molar refractivity (Wildman–Crippen MR) is 38.0 cm³/mol. The fourth-order valence-corrected chi connectivity index (χ4v) is 0.988. The van der Waals surface area contributed by atoms with E-state index in [1.165, 1.54) is 0 Å². The van der Waals surface area contributed by atoms with Crippen molar-refractivity contribution in [3.05, 3.63) is 0 Å². The van der Waals surface area contributed by atoms with Crippen LogP contribution < -0.4 is 5.32 Å². The van der Waals surface area contributed by atoms with Gasteiger partial charge in [-0.1, -0.05) is 0 Å². The van der Waals surface area contributed by atoms with Gasteiger partial charge in [0.05, 0.1) is 13.1 Å². The standard InChI is InChI=1S/C6H10N2O4/c9-3-8-2-7-4(6(11)12)1-5(8)10/h4,7,9H,1-3H2,(H,11,12)/t4-/m0/s1. The first-order valence-electron chi connectivity index (χ1n) is 3.50. The maximum atomic E-state index is 11.0. The molecule has 0 radical (unpaired) electrons. The molecule has 6 heteroatoms. The van der Waals surface area contributed by atoms with E-state index < -0.39 is 12.0 Å². The number of aliphatic hydroxyl groups is 1. The van der Waals surface area contributed by atoms with Gasteiger partial charge >= 0.3 is 5.97 Å². The fraction of sp³-hybridized carbons (Fsp3) is 0.667. The zero-order valence-electron chi connectivity index (χ0n) is 6.36. The molecule has 68 valence electrons. The molecular formula is C6H10N2O4. The van der Waals surface area contributed by atoms with Crippen molar-refractivity contribution >= 4 is 11.9 Å². The van der Waals surface area contributed by atoms with Gasteiger partial charge in [0.15, 0.2) is 0 Å². The molecule has 0 unspecified atom stereocenters. The number of hydrogen-bond donors (Lipinski definition) is 3. The Morgan fingerprint density at radius 3 is 2.83 bits per heavy atom. The zero-order chi connectivity index (χ0) is 9.14. The van der Waals surface area contributed by atoms with E-state index in [0.717, 1.165) is 4.90 Å². The molecule has 1 saturated heterocycles. The summed E-state index contributed by atoms with van der Waals surface area (Å²) < 4.78 is 0. The van der Waals surface area contributed by atoms with Crippen molar-refractivity contribution in [2.45, 2.75) is 12.5 Å². The number of aliphatic hydroxyl groups excluding tert-OH is 1. The highest BCUT2D eigenvalue weighted by Gasteiger charge is 2.28. The van der Waals surface area contributed by atoms with Gasteiger partial charge in [0.1, 0.15) is 12.8 Å². The van der Waals surface area contributed by atoms with Crippen LogP contribution in [-0.4, -0.2) is 46.4 Å². The number of carbonyl (C=O) groups excluding carboxylic acids is 1. The van der Waals surface area contributed by atoms with E-state index in [0.29, 0.717) is 0 Å². The number of carbonyl (C=O) groups is 2. The van der Waals surface area contributed by atoms with Gasteiger partial charge in [-0.15, -0.1) is 0 Å². The largest absolute Gasteiger partial charge is 0.480 e. The summed E-state index contributed by atoms with van der Waals surface area (Å²) in [6.45, 7) is -0.287. The quantitative estimate of drug-likeness (QED) is 0.458. The summed E-state index contributed by atoms with van der Waals surface area (Å²) in [6.07, 6.45) is -0.101. The van der Waals surface area contributed by atoms with Crippen LogP contribution in [0.15, 0.2) is 0 Å². The summed E-state index contributed by atoms with van der Waals surface area (Å²) in [5.74, 6) is -1.38. The minimum atomic E-state index is -1.04. The fourth-order valence-electron chi connectivity index (χ4n) is 0.988. The van der Waals surface area contributed by atoms with Crippen LogP contribution in [-0.2, 0) is 9.59 Å². The molecule has 1 atom stereocenters. The van der Waals surface area contributed by atoms with Crippen LogP contribution in [0.5, 0.6) is 0 Å². The summed E-state index contributed by atoms with van der Waals surface area (Å²) in [7, 11) is 0. The molecule has 6 nitrogen and oxygen atoms in total. The highest BCUT2D eigenvalue weighted by molar-refractivity contribution is 5.85. The Morgan fingerprint density at radius 1 is 1.75 bits per heavy atom. The second-order valence-electron chi connectivity index (χ2n) is 2.53. The van der Waals surface area contributed by atoms with Crippen molar-refractivity contribution in [1.82, 2.24) is 10.2 Å². The molecule has 1 fully saturated rings. The molecule has 0 saturated carbocycles. The lowest BCUT2D eigenvalue weighted by Gasteiger charge is -2.28. The third kappa shape index (κ3) is 1.72. The molecular weight excluding hydrogens is 164 g/mol. The van der Waals surface area contributed by atoms with Gasteiger partial charge in [-0.2, -0.15) is 0 Å². The first-order chi connectivity index (χ1) is 5.65. The van der Waals surface area contributed by atoms with Crippen LogP contribution in [0.25, 0.3) is 0 Å². The Hall–Kier alpha value is -1.14. The van der Waals surface area contributed by atoms with Crippen LogP contribution >= 0.6 is 0 Å². The molecule has 1 aliphatic rings. The minimum Gasteiger partial charge on any atom is -0.480 e. The number of nitrogens with zero attached hydrogens (tertiary/aromatic N) is 1. The Balaban J connectivity index is 2.52. The summed E-state index contributed by atoms with van der Waals surface area (Å²) in [5, 5.41) is 19.7. The lowest BCUT2D eigenvalue weighted by atomic mass is 10.1. The molecule has 1 aliphatic heterocycles. The number of carboxylic acids is 1. The first kappa shape index (κ1) is 8.95. The van der Waals surface area contributed by atoms with Gasteiger partial charge in [0.25, 0.3) is 0 Å². The third-order valence-electron chi connectivity index (χ3n) is 1.73. The molecule has 0 bridgehead atoms. The van der Waals surface area contributed by atoms with E-state index in [9.17, 15) is 9.59 Å². The molecule has 1 amide bonds. The van der Waals surface area contributed by atoms with Gasteiger partial charge in [-0.25, -0.2) is 0 Å². The van der Waals surface area contributed by atoms with Crippen LogP contribution in [0.3, 0.4) is 0 Å².